The molecule has 0 aliphatic carbocycles. The number of hydrogen-bond acceptors (Lipinski definition) is 7. The molecule has 2 heterocycles. The Morgan fingerprint density at radius 2 is 1.66 bits per heavy atom. The van der Waals surface area contributed by atoms with Gasteiger partial charge < -0.3 is 19.1 Å². The molecule has 1 aliphatic rings. The van der Waals surface area contributed by atoms with Crippen LogP contribution in [0.25, 0.3) is 11.1 Å². The van der Waals surface area contributed by atoms with E-state index in [-0.39, 0.29) is 18.6 Å². The largest absolute Gasteiger partial charge is 0.491 e. The molecule has 41 heavy (non-hydrogen) atoms. The maximum atomic E-state index is 13.3. The quantitative estimate of drug-likeness (QED) is 0.317. The molecule has 1 aromatic heterocycles. The van der Waals surface area contributed by atoms with Gasteiger partial charge in [-0.05, 0) is 74.2 Å². The number of benzene rings is 2. The summed E-state index contributed by atoms with van der Waals surface area (Å²) in [6.07, 6.45) is 10.8. The molecule has 0 N–H and O–H groups in total. The number of anilines is 1. The highest BCUT2D eigenvalue weighted by Crippen LogP contribution is 2.31. The predicted molar refractivity (Wildman–Crippen MR) is 162 cm³/mol. The lowest BCUT2D eigenvalue weighted by Crippen LogP contribution is -2.36. The van der Waals surface area contributed by atoms with E-state index in [1.54, 1.807) is 20.5 Å². The Bertz CT molecular complexity index is 1250. The molecular weight excluding hydrogens is 516 g/mol. The van der Waals surface area contributed by atoms with Crippen LogP contribution in [0, 0.1) is 0 Å². The van der Waals surface area contributed by atoms with E-state index in [9.17, 15) is 4.79 Å². The number of carbonyl (C=O) groups is 1. The first-order valence-corrected chi connectivity index (χ1v) is 14.7. The van der Waals surface area contributed by atoms with Crippen LogP contribution in [0.15, 0.2) is 55.1 Å². The molecule has 1 aliphatic heterocycles. The molecule has 0 bridgehead atoms. The van der Waals surface area contributed by atoms with Crippen LogP contribution in [-0.4, -0.2) is 60.8 Å². The summed E-state index contributed by atoms with van der Waals surface area (Å²) in [5.41, 5.74) is 6.30. The number of methoxy groups -OCH3 is 2. The van der Waals surface area contributed by atoms with Crippen LogP contribution in [0.1, 0.15) is 62.6 Å². The van der Waals surface area contributed by atoms with Crippen molar-refractivity contribution in [1.82, 2.24) is 14.9 Å². The maximum absolute atomic E-state index is 13.3. The molecule has 1 amide bonds. The van der Waals surface area contributed by atoms with E-state index >= 15 is 0 Å². The highest BCUT2D eigenvalue weighted by molar-refractivity contribution is 5.95. The summed E-state index contributed by atoms with van der Waals surface area (Å²) in [6, 6.07) is 12.7. The molecule has 2 aromatic carbocycles. The first-order valence-electron chi connectivity index (χ1n) is 14.7. The first kappa shape index (κ1) is 30.6. The van der Waals surface area contributed by atoms with Gasteiger partial charge in [-0.1, -0.05) is 31.4 Å². The maximum Gasteiger partial charge on any atom is 0.252 e. The highest BCUT2D eigenvalue weighted by atomic mass is 16.5. The van der Waals surface area contributed by atoms with Crippen molar-refractivity contribution in [1.29, 1.82) is 0 Å². The van der Waals surface area contributed by atoms with E-state index in [2.05, 4.69) is 51.3 Å². The summed E-state index contributed by atoms with van der Waals surface area (Å²) < 4.78 is 16.8. The van der Waals surface area contributed by atoms with Gasteiger partial charge in [-0.3, -0.25) is 9.69 Å². The van der Waals surface area contributed by atoms with E-state index in [4.69, 9.17) is 14.2 Å². The average Bonchev–Trinajstić information content (AvgIpc) is 2.96. The molecule has 0 radical (unpaired) electrons. The van der Waals surface area contributed by atoms with Crippen LogP contribution >= 0.6 is 0 Å². The zero-order valence-electron chi connectivity index (χ0n) is 25.0. The minimum atomic E-state index is -0.0156. The van der Waals surface area contributed by atoms with Gasteiger partial charge in [-0.15, -0.1) is 0 Å². The molecule has 0 saturated carbocycles. The number of ether oxygens (including phenoxy) is 3. The van der Waals surface area contributed by atoms with Crippen molar-refractivity contribution in [2.75, 3.05) is 38.8 Å². The lowest BCUT2D eigenvalue weighted by Gasteiger charge is -2.30. The van der Waals surface area contributed by atoms with Gasteiger partial charge in [-0.2, -0.15) is 0 Å². The van der Waals surface area contributed by atoms with Gasteiger partial charge in [0, 0.05) is 63.1 Å². The molecule has 220 valence electrons. The van der Waals surface area contributed by atoms with Gasteiger partial charge in [0.15, 0.2) is 0 Å². The topological polar surface area (TPSA) is 77.0 Å². The molecule has 0 atom stereocenters. The fourth-order valence-electron chi connectivity index (χ4n) is 5.40. The van der Waals surface area contributed by atoms with Gasteiger partial charge in [0.2, 0.25) is 0 Å². The Morgan fingerprint density at radius 3 is 2.39 bits per heavy atom. The van der Waals surface area contributed by atoms with Gasteiger partial charge in [0.1, 0.15) is 18.7 Å². The molecule has 8 heteroatoms. The SMILES string of the molecule is COCC(=O)N1CCCCCCCN(Cc2ccc(OC(C)C)c(COC)c2)Cc2cc(-c3cncnc3)ccc21. The lowest BCUT2D eigenvalue weighted by molar-refractivity contribution is -0.122. The van der Waals surface area contributed by atoms with E-state index in [0.29, 0.717) is 19.7 Å². The van der Waals surface area contributed by atoms with Crippen molar-refractivity contribution in [3.63, 3.8) is 0 Å². The van der Waals surface area contributed by atoms with E-state index in [1.165, 1.54) is 18.4 Å². The molecule has 3 aromatic rings. The fraction of sp³-hybridized carbons (Fsp3) is 0.485. The standard InChI is InChI=1S/C33H44N4O4/c1-25(2)41-32-13-10-26(16-29(32)22-39-3)20-36-14-8-6-5-7-9-15-37(33(38)23-40-4)31-12-11-27(17-28(31)21-36)30-18-34-24-35-19-30/h10-13,16-19,24-25H,5-9,14-15,20-23H2,1-4H3. The third kappa shape index (κ3) is 8.83. The summed E-state index contributed by atoms with van der Waals surface area (Å²) in [5, 5.41) is 0. The molecule has 8 nitrogen and oxygen atoms in total. The number of hydrogen-bond donors (Lipinski definition) is 0. The second kappa shape index (κ2) is 15.6. The van der Waals surface area contributed by atoms with Crippen LogP contribution in [0.5, 0.6) is 5.75 Å². The summed E-state index contributed by atoms with van der Waals surface area (Å²) in [6.45, 7) is 7.77. The molecular formula is C33H44N4O4. The highest BCUT2D eigenvalue weighted by Gasteiger charge is 2.22. The van der Waals surface area contributed by atoms with E-state index in [1.807, 2.05) is 31.1 Å². The predicted octanol–water partition coefficient (Wildman–Crippen LogP) is 6.02. The van der Waals surface area contributed by atoms with Gasteiger partial charge in [0.25, 0.3) is 5.91 Å². The normalized spacial score (nSPS) is 15.2. The van der Waals surface area contributed by atoms with Gasteiger partial charge >= 0.3 is 0 Å². The van der Waals surface area contributed by atoms with Gasteiger partial charge in [0.05, 0.1) is 12.7 Å². The Kier molecular flexibility index (Phi) is 11.7. The number of nitrogens with zero attached hydrogens (tertiary/aromatic N) is 4. The minimum absolute atomic E-state index is 0.0156. The zero-order valence-corrected chi connectivity index (χ0v) is 25.0. The Hall–Kier alpha value is -3.33. The Balaban J connectivity index is 1.71. The first-order chi connectivity index (χ1) is 20.0. The summed E-state index contributed by atoms with van der Waals surface area (Å²) in [5.74, 6) is 0.852. The van der Waals surface area contributed by atoms with Crippen LogP contribution in [0.2, 0.25) is 0 Å². The van der Waals surface area contributed by atoms with Crippen LogP contribution in [0.3, 0.4) is 0 Å². The Labute approximate surface area is 244 Å². The lowest BCUT2D eigenvalue weighted by atomic mass is 10.0. The summed E-state index contributed by atoms with van der Waals surface area (Å²) in [7, 11) is 3.29. The third-order valence-corrected chi connectivity index (χ3v) is 7.28. The second-order valence-corrected chi connectivity index (χ2v) is 11.0. The van der Waals surface area contributed by atoms with Gasteiger partial charge in [-0.25, -0.2) is 9.97 Å². The zero-order chi connectivity index (χ0) is 29.0. The molecule has 0 unspecified atom stereocenters. The van der Waals surface area contributed by atoms with Crippen molar-refractivity contribution in [2.24, 2.45) is 0 Å². The number of aromatic nitrogens is 2. The Morgan fingerprint density at radius 1 is 0.902 bits per heavy atom. The monoisotopic (exact) mass is 560 g/mol. The third-order valence-electron chi connectivity index (χ3n) is 7.28. The van der Waals surface area contributed by atoms with E-state index in [0.717, 1.165) is 66.0 Å². The molecule has 0 fully saturated rings. The van der Waals surface area contributed by atoms with Crippen molar-refractivity contribution in [3.05, 3.63) is 71.8 Å². The minimum Gasteiger partial charge on any atom is -0.491 e. The fourth-order valence-corrected chi connectivity index (χ4v) is 5.40. The number of amides is 1. The number of fused-ring (bicyclic) bond motifs is 1. The molecule has 4 rings (SSSR count). The van der Waals surface area contributed by atoms with Crippen molar-refractivity contribution < 1.29 is 19.0 Å². The van der Waals surface area contributed by atoms with Crippen LogP contribution < -0.4 is 9.64 Å². The van der Waals surface area contributed by atoms with Crippen molar-refractivity contribution >= 4 is 11.6 Å². The molecule has 0 saturated heterocycles. The van der Waals surface area contributed by atoms with Crippen molar-refractivity contribution in [3.8, 4) is 16.9 Å². The summed E-state index contributed by atoms with van der Waals surface area (Å²) in [4.78, 5) is 26.1. The number of carbonyl (C=O) groups excluding carboxylic acids is 1. The summed E-state index contributed by atoms with van der Waals surface area (Å²) >= 11 is 0. The second-order valence-electron chi connectivity index (χ2n) is 11.0. The smallest absolute Gasteiger partial charge is 0.252 e. The van der Waals surface area contributed by atoms with Crippen molar-refractivity contribution in [2.45, 2.75) is 71.8 Å². The number of rotatable bonds is 9. The van der Waals surface area contributed by atoms with Crippen LogP contribution in [0.4, 0.5) is 5.69 Å². The molecule has 0 spiro atoms. The average molecular weight is 561 g/mol. The van der Waals surface area contributed by atoms with Crippen LogP contribution in [-0.2, 0) is 34.0 Å². The van der Waals surface area contributed by atoms with E-state index < -0.39 is 0 Å².